The molecule has 0 radical (unpaired) electrons. The first kappa shape index (κ1) is 12.7. The molecular weight excluding hydrogens is 270 g/mol. The number of rotatable bonds is 2. The molecule has 0 saturated carbocycles. The van der Waals surface area contributed by atoms with Crippen LogP contribution in [0.15, 0.2) is 23.1 Å². The van der Waals surface area contributed by atoms with E-state index in [4.69, 9.17) is 14.2 Å². The summed E-state index contributed by atoms with van der Waals surface area (Å²) in [4.78, 5) is 0.228. The van der Waals surface area contributed by atoms with Crippen molar-refractivity contribution in [1.82, 2.24) is 4.31 Å². The molecule has 1 atom stereocenters. The highest BCUT2D eigenvalue weighted by atomic mass is 32.2. The second kappa shape index (κ2) is 4.66. The predicted octanol–water partition coefficient (Wildman–Crippen LogP) is 0.825. The van der Waals surface area contributed by atoms with E-state index in [2.05, 4.69) is 0 Å². The van der Waals surface area contributed by atoms with Crippen LogP contribution in [0.5, 0.6) is 11.5 Å². The van der Waals surface area contributed by atoms with E-state index in [1.807, 2.05) is 6.92 Å². The molecule has 2 aliphatic rings. The summed E-state index contributed by atoms with van der Waals surface area (Å²) in [5.41, 5.74) is 0. The molecule has 1 aromatic carbocycles. The standard InChI is InChI=1S/C12H15NO5S/c1-9-7-13(4-5-16-9)19(14,15)10-2-3-11-12(6-10)18-8-17-11/h2-3,6,9H,4-5,7-8H2,1H3. The number of ether oxygens (including phenoxy) is 3. The van der Waals surface area contributed by atoms with Gasteiger partial charge >= 0.3 is 0 Å². The second-order valence-corrected chi connectivity index (χ2v) is 6.50. The van der Waals surface area contributed by atoms with Crippen LogP contribution in [0.25, 0.3) is 0 Å². The van der Waals surface area contributed by atoms with Gasteiger partial charge in [0.1, 0.15) is 0 Å². The third-order valence-corrected chi connectivity index (χ3v) is 5.05. The van der Waals surface area contributed by atoms with Crippen LogP contribution < -0.4 is 9.47 Å². The molecule has 0 amide bonds. The summed E-state index contributed by atoms with van der Waals surface area (Å²) in [5, 5.41) is 0. The Balaban J connectivity index is 1.91. The molecule has 1 fully saturated rings. The van der Waals surface area contributed by atoms with E-state index < -0.39 is 10.0 Å². The van der Waals surface area contributed by atoms with Crippen molar-refractivity contribution in [2.75, 3.05) is 26.5 Å². The Bertz CT molecular complexity index is 586. The van der Waals surface area contributed by atoms with Crippen LogP contribution in [0, 0.1) is 0 Å². The van der Waals surface area contributed by atoms with Gasteiger partial charge in [0.05, 0.1) is 17.6 Å². The molecule has 7 heteroatoms. The molecule has 0 spiro atoms. The molecule has 19 heavy (non-hydrogen) atoms. The number of benzene rings is 1. The number of hydrogen-bond acceptors (Lipinski definition) is 5. The van der Waals surface area contributed by atoms with Gasteiger partial charge in [-0.1, -0.05) is 0 Å². The Labute approximate surface area is 111 Å². The molecule has 2 aliphatic heterocycles. The highest BCUT2D eigenvalue weighted by Crippen LogP contribution is 2.34. The van der Waals surface area contributed by atoms with E-state index in [-0.39, 0.29) is 17.8 Å². The van der Waals surface area contributed by atoms with Gasteiger partial charge in [0.25, 0.3) is 0 Å². The molecule has 3 rings (SSSR count). The minimum absolute atomic E-state index is 0.0856. The van der Waals surface area contributed by atoms with Crippen molar-refractivity contribution in [2.24, 2.45) is 0 Å². The number of morpholine rings is 1. The summed E-state index contributed by atoms with van der Waals surface area (Å²) in [6, 6.07) is 4.68. The van der Waals surface area contributed by atoms with E-state index in [0.717, 1.165) is 0 Å². The highest BCUT2D eigenvalue weighted by molar-refractivity contribution is 7.89. The van der Waals surface area contributed by atoms with Gasteiger partial charge in [-0.3, -0.25) is 0 Å². The van der Waals surface area contributed by atoms with Crippen LogP contribution in [-0.4, -0.2) is 45.3 Å². The van der Waals surface area contributed by atoms with Gasteiger partial charge in [-0.2, -0.15) is 4.31 Å². The Morgan fingerprint density at radius 1 is 1.26 bits per heavy atom. The van der Waals surface area contributed by atoms with Crippen molar-refractivity contribution >= 4 is 10.0 Å². The van der Waals surface area contributed by atoms with Gasteiger partial charge in [-0.25, -0.2) is 8.42 Å². The van der Waals surface area contributed by atoms with Crippen molar-refractivity contribution in [3.63, 3.8) is 0 Å². The lowest BCUT2D eigenvalue weighted by Crippen LogP contribution is -2.44. The predicted molar refractivity (Wildman–Crippen MR) is 66.7 cm³/mol. The Morgan fingerprint density at radius 3 is 2.84 bits per heavy atom. The molecule has 0 N–H and O–H groups in total. The molecule has 2 heterocycles. The number of fused-ring (bicyclic) bond motifs is 1. The minimum Gasteiger partial charge on any atom is -0.454 e. The lowest BCUT2D eigenvalue weighted by atomic mass is 10.3. The van der Waals surface area contributed by atoms with Crippen molar-refractivity contribution in [3.05, 3.63) is 18.2 Å². The van der Waals surface area contributed by atoms with Crippen LogP contribution >= 0.6 is 0 Å². The van der Waals surface area contributed by atoms with Crippen molar-refractivity contribution in [1.29, 1.82) is 0 Å². The summed E-state index contributed by atoms with van der Waals surface area (Å²) in [7, 11) is -3.50. The second-order valence-electron chi connectivity index (χ2n) is 4.56. The first-order valence-electron chi connectivity index (χ1n) is 6.09. The molecule has 6 nitrogen and oxygen atoms in total. The molecule has 0 bridgehead atoms. The summed E-state index contributed by atoms with van der Waals surface area (Å²) >= 11 is 0. The fourth-order valence-corrected chi connectivity index (χ4v) is 3.71. The average molecular weight is 285 g/mol. The van der Waals surface area contributed by atoms with E-state index in [0.29, 0.717) is 31.2 Å². The lowest BCUT2D eigenvalue weighted by molar-refractivity contribution is 0.0102. The first-order valence-corrected chi connectivity index (χ1v) is 7.53. The zero-order valence-corrected chi connectivity index (χ0v) is 11.4. The molecule has 104 valence electrons. The number of hydrogen-bond donors (Lipinski definition) is 0. The summed E-state index contributed by atoms with van der Waals surface area (Å²) in [6.07, 6.45) is -0.0856. The lowest BCUT2D eigenvalue weighted by Gasteiger charge is -2.30. The first-order chi connectivity index (χ1) is 9.07. The third kappa shape index (κ3) is 2.29. The maximum Gasteiger partial charge on any atom is 0.243 e. The molecule has 0 aliphatic carbocycles. The van der Waals surface area contributed by atoms with Crippen LogP contribution in [-0.2, 0) is 14.8 Å². The molecule has 0 aromatic heterocycles. The largest absolute Gasteiger partial charge is 0.454 e. The van der Waals surface area contributed by atoms with Gasteiger partial charge in [0, 0.05) is 19.2 Å². The van der Waals surface area contributed by atoms with Crippen LogP contribution in [0.1, 0.15) is 6.92 Å². The van der Waals surface area contributed by atoms with E-state index in [1.165, 1.54) is 10.4 Å². The van der Waals surface area contributed by atoms with Gasteiger partial charge < -0.3 is 14.2 Å². The van der Waals surface area contributed by atoms with E-state index in [1.54, 1.807) is 12.1 Å². The normalized spacial score (nSPS) is 23.5. The topological polar surface area (TPSA) is 65.1 Å². The van der Waals surface area contributed by atoms with Gasteiger partial charge in [0.15, 0.2) is 11.5 Å². The average Bonchev–Trinajstić information content (AvgIpc) is 2.85. The van der Waals surface area contributed by atoms with E-state index >= 15 is 0 Å². The maximum atomic E-state index is 12.5. The number of sulfonamides is 1. The van der Waals surface area contributed by atoms with Gasteiger partial charge in [-0.05, 0) is 19.1 Å². The Hall–Kier alpha value is -1.31. The maximum absolute atomic E-state index is 12.5. The zero-order valence-electron chi connectivity index (χ0n) is 10.5. The van der Waals surface area contributed by atoms with Crippen LogP contribution in [0.2, 0.25) is 0 Å². The van der Waals surface area contributed by atoms with Gasteiger partial charge in [-0.15, -0.1) is 0 Å². The van der Waals surface area contributed by atoms with Crippen LogP contribution in [0.3, 0.4) is 0 Å². The smallest absolute Gasteiger partial charge is 0.243 e. The van der Waals surface area contributed by atoms with Crippen molar-refractivity contribution in [3.8, 4) is 11.5 Å². The number of nitrogens with zero attached hydrogens (tertiary/aromatic N) is 1. The molecule has 1 saturated heterocycles. The Kier molecular flexibility index (Phi) is 3.12. The quantitative estimate of drug-likeness (QED) is 0.805. The SMILES string of the molecule is CC1CN(S(=O)(=O)c2ccc3c(c2)OCO3)CCO1. The van der Waals surface area contributed by atoms with Gasteiger partial charge in [0.2, 0.25) is 16.8 Å². The van der Waals surface area contributed by atoms with E-state index in [9.17, 15) is 8.42 Å². The molecule has 1 aromatic rings. The zero-order chi connectivity index (χ0) is 13.5. The fraction of sp³-hybridized carbons (Fsp3) is 0.500. The molecular formula is C12H15NO5S. The van der Waals surface area contributed by atoms with Crippen molar-refractivity contribution < 1.29 is 22.6 Å². The molecule has 1 unspecified atom stereocenters. The van der Waals surface area contributed by atoms with Crippen LogP contribution in [0.4, 0.5) is 0 Å². The minimum atomic E-state index is -3.50. The summed E-state index contributed by atoms with van der Waals surface area (Å²) in [5.74, 6) is 1.05. The third-order valence-electron chi connectivity index (χ3n) is 3.19. The summed E-state index contributed by atoms with van der Waals surface area (Å²) < 4.78 is 42.2. The monoisotopic (exact) mass is 285 g/mol. The highest BCUT2D eigenvalue weighted by Gasteiger charge is 2.30. The fourth-order valence-electron chi connectivity index (χ4n) is 2.19. The van der Waals surface area contributed by atoms with Crippen molar-refractivity contribution in [2.45, 2.75) is 17.9 Å². The summed E-state index contributed by atoms with van der Waals surface area (Å²) in [6.45, 7) is 3.16. The Morgan fingerprint density at radius 2 is 2.05 bits per heavy atom.